The quantitative estimate of drug-likeness (QED) is 0.809. The lowest BCUT2D eigenvalue weighted by Gasteiger charge is -2.38. The first-order valence-electron chi connectivity index (χ1n) is 6.84. The van der Waals surface area contributed by atoms with Gasteiger partial charge >= 0.3 is 0 Å². The van der Waals surface area contributed by atoms with Gasteiger partial charge in [0.25, 0.3) is 0 Å². The van der Waals surface area contributed by atoms with Crippen LogP contribution in [0.3, 0.4) is 0 Å². The van der Waals surface area contributed by atoms with Crippen molar-refractivity contribution in [3.05, 3.63) is 34.3 Å². The Balaban J connectivity index is 1.77. The molecule has 1 atom stereocenters. The molecule has 2 rings (SSSR count). The molecule has 0 radical (unpaired) electrons. The molecule has 2 N–H and O–H groups in total. The van der Waals surface area contributed by atoms with Crippen LogP contribution < -0.4 is 5.32 Å². The molecule has 0 bridgehead atoms. The van der Waals surface area contributed by atoms with Crippen LogP contribution in [0.2, 0.25) is 0 Å². The summed E-state index contributed by atoms with van der Waals surface area (Å²) in [6.45, 7) is 0.879. The topological polar surface area (TPSA) is 41.5 Å². The van der Waals surface area contributed by atoms with E-state index in [0.29, 0.717) is 18.6 Å². The number of hydrogen-bond acceptors (Lipinski definition) is 3. The molecule has 1 aromatic carbocycles. The Kier molecular flexibility index (Phi) is 5.82. The Morgan fingerprint density at radius 2 is 2.05 bits per heavy atom. The molecule has 0 aromatic heterocycles. The minimum Gasteiger partial charge on any atom is -0.396 e. The first-order valence-corrected chi connectivity index (χ1v) is 7.63. The largest absolute Gasteiger partial charge is 0.396 e. The number of aliphatic hydroxyl groups excluding tert-OH is 1. The Morgan fingerprint density at radius 1 is 1.37 bits per heavy atom. The fraction of sp³-hybridized carbons (Fsp3) is 0.600. The maximum absolute atomic E-state index is 9.02. The zero-order valence-electron chi connectivity index (χ0n) is 11.3. The van der Waals surface area contributed by atoms with Crippen LogP contribution in [0.4, 0.5) is 0 Å². The van der Waals surface area contributed by atoms with E-state index in [1.807, 2.05) is 0 Å². The highest BCUT2D eigenvalue weighted by Crippen LogP contribution is 2.37. The summed E-state index contributed by atoms with van der Waals surface area (Å²) in [5.74, 6) is 0.669. The summed E-state index contributed by atoms with van der Waals surface area (Å²) in [7, 11) is 1.71. The standard InChI is InChI=1S/C15H22BrNO2/c1-19-10-14(6-7-18)17-15-8-12(9-15)11-2-4-13(16)5-3-11/h2-5,12,14-15,17-18H,6-10H2,1H3. The SMILES string of the molecule is COCC(CCO)NC1CC(c2ccc(Br)cc2)C1. The predicted octanol–water partition coefficient (Wildman–Crippen LogP) is 2.68. The summed E-state index contributed by atoms with van der Waals surface area (Å²) >= 11 is 3.46. The van der Waals surface area contributed by atoms with Crippen LogP contribution in [-0.4, -0.2) is 37.5 Å². The van der Waals surface area contributed by atoms with Crippen molar-refractivity contribution in [1.29, 1.82) is 0 Å². The third kappa shape index (κ3) is 4.28. The fourth-order valence-electron chi connectivity index (χ4n) is 2.67. The number of nitrogens with one attached hydrogen (secondary N) is 1. The molecule has 1 aromatic rings. The van der Waals surface area contributed by atoms with Gasteiger partial charge in [0.2, 0.25) is 0 Å². The van der Waals surface area contributed by atoms with Crippen molar-refractivity contribution in [3.8, 4) is 0 Å². The molecule has 3 nitrogen and oxygen atoms in total. The van der Waals surface area contributed by atoms with Crippen LogP contribution >= 0.6 is 15.9 Å². The van der Waals surface area contributed by atoms with E-state index in [4.69, 9.17) is 9.84 Å². The normalized spacial score (nSPS) is 23.9. The summed E-state index contributed by atoms with van der Waals surface area (Å²) in [5, 5.41) is 12.6. The van der Waals surface area contributed by atoms with Gasteiger partial charge in [0.15, 0.2) is 0 Å². The second-order valence-corrected chi connectivity index (χ2v) is 6.16. The van der Waals surface area contributed by atoms with Gasteiger partial charge in [0.05, 0.1) is 6.61 Å². The highest BCUT2D eigenvalue weighted by atomic mass is 79.9. The Bertz CT molecular complexity index is 370. The van der Waals surface area contributed by atoms with Gasteiger partial charge in [-0.25, -0.2) is 0 Å². The van der Waals surface area contributed by atoms with E-state index in [-0.39, 0.29) is 12.6 Å². The number of methoxy groups -OCH3 is 1. The number of halogens is 1. The fourth-order valence-corrected chi connectivity index (χ4v) is 2.93. The molecule has 19 heavy (non-hydrogen) atoms. The van der Waals surface area contributed by atoms with E-state index < -0.39 is 0 Å². The lowest BCUT2D eigenvalue weighted by molar-refractivity contribution is 0.129. The first-order chi connectivity index (χ1) is 9.22. The maximum atomic E-state index is 9.02. The smallest absolute Gasteiger partial charge is 0.0616 e. The minimum absolute atomic E-state index is 0.212. The lowest BCUT2D eigenvalue weighted by atomic mass is 9.75. The zero-order chi connectivity index (χ0) is 13.7. The van der Waals surface area contributed by atoms with Crippen LogP contribution in [0.25, 0.3) is 0 Å². The molecule has 0 saturated heterocycles. The highest BCUT2D eigenvalue weighted by molar-refractivity contribution is 9.10. The Morgan fingerprint density at radius 3 is 2.63 bits per heavy atom. The Hall–Kier alpha value is -0.420. The van der Waals surface area contributed by atoms with Crippen molar-refractivity contribution >= 4 is 15.9 Å². The summed E-state index contributed by atoms with van der Waals surface area (Å²) < 4.78 is 6.30. The van der Waals surface area contributed by atoms with E-state index in [1.54, 1.807) is 7.11 Å². The molecule has 0 aliphatic heterocycles. The molecular formula is C15H22BrNO2. The Labute approximate surface area is 123 Å². The monoisotopic (exact) mass is 327 g/mol. The van der Waals surface area contributed by atoms with Gasteiger partial charge in [-0.2, -0.15) is 0 Å². The van der Waals surface area contributed by atoms with Crippen LogP contribution in [0.15, 0.2) is 28.7 Å². The second kappa shape index (κ2) is 7.39. The minimum atomic E-state index is 0.212. The van der Waals surface area contributed by atoms with E-state index in [2.05, 4.69) is 45.5 Å². The van der Waals surface area contributed by atoms with Gasteiger partial charge in [0, 0.05) is 30.3 Å². The number of rotatable bonds is 7. The van der Waals surface area contributed by atoms with Gasteiger partial charge in [0.1, 0.15) is 0 Å². The molecule has 0 spiro atoms. The van der Waals surface area contributed by atoms with Crippen molar-refractivity contribution < 1.29 is 9.84 Å². The lowest BCUT2D eigenvalue weighted by Crippen LogP contribution is -2.47. The molecule has 1 aliphatic rings. The summed E-state index contributed by atoms with van der Waals surface area (Å²) in [6.07, 6.45) is 3.11. The number of aliphatic hydroxyl groups is 1. The van der Waals surface area contributed by atoms with Crippen molar-refractivity contribution in [3.63, 3.8) is 0 Å². The molecule has 0 amide bonds. The van der Waals surface area contributed by atoms with Crippen LogP contribution in [-0.2, 0) is 4.74 Å². The second-order valence-electron chi connectivity index (χ2n) is 5.25. The van der Waals surface area contributed by atoms with Crippen LogP contribution in [0.5, 0.6) is 0 Å². The number of hydrogen-bond donors (Lipinski definition) is 2. The maximum Gasteiger partial charge on any atom is 0.0616 e. The molecule has 4 heteroatoms. The summed E-state index contributed by atoms with van der Waals surface area (Å²) in [6, 6.07) is 9.44. The van der Waals surface area contributed by atoms with E-state index in [9.17, 15) is 0 Å². The molecule has 1 aliphatic carbocycles. The van der Waals surface area contributed by atoms with Gasteiger partial charge < -0.3 is 15.2 Å². The molecule has 1 saturated carbocycles. The molecular weight excluding hydrogens is 306 g/mol. The highest BCUT2D eigenvalue weighted by Gasteiger charge is 2.31. The average molecular weight is 328 g/mol. The third-order valence-corrected chi connectivity index (χ3v) is 4.32. The molecule has 0 heterocycles. The number of benzene rings is 1. The number of ether oxygens (including phenoxy) is 1. The predicted molar refractivity (Wildman–Crippen MR) is 80.4 cm³/mol. The molecule has 1 unspecified atom stereocenters. The van der Waals surface area contributed by atoms with Crippen LogP contribution in [0, 0.1) is 0 Å². The van der Waals surface area contributed by atoms with Crippen molar-refractivity contribution in [1.82, 2.24) is 5.32 Å². The van der Waals surface area contributed by atoms with Gasteiger partial charge in [-0.05, 0) is 42.9 Å². The van der Waals surface area contributed by atoms with Gasteiger partial charge in [-0.1, -0.05) is 28.1 Å². The van der Waals surface area contributed by atoms with Crippen molar-refractivity contribution in [2.45, 2.75) is 37.3 Å². The van der Waals surface area contributed by atoms with Crippen LogP contribution in [0.1, 0.15) is 30.7 Å². The van der Waals surface area contributed by atoms with Crippen molar-refractivity contribution in [2.24, 2.45) is 0 Å². The van der Waals surface area contributed by atoms with E-state index in [1.165, 1.54) is 18.4 Å². The van der Waals surface area contributed by atoms with Gasteiger partial charge in [-0.15, -0.1) is 0 Å². The first kappa shape index (κ1) is 15.0. The average Bonchev–Trinajstić information content (AvgIpc) is 2.35. The molecule has 106 valence electrons. The zero-order valence-corrected chi connectivity index (χ0v) is 12.9. The van der Waals surface area contributed by atoms with Gasteiger partial charge in [-0.3, -0.25) is 0 Å². The third-order valence-electron chi connectivity index (χ3n) is 3.80. The summed E-state index contributed by atoms with van der Waals surface area (Å²) in [5.41, 5.74) is 1.42. The van der Waals surface area contributed by atoms with E-state index in [0.717, 1.165) is 10.9 Å². The van der Waals surface area contributed by atoms with Crippen molar-refractivity contribution in [2.75, 3.05) is 20.3 Å². The van der Waals surface area contributed by atoms with E-state index >= 15 is 0 Å². The molecule has 1 fully saturated rings. The summed E-state index contributed by atoms with van der Waals surface area (Å²) in [4.78, 5) is 0.